The molecule has 2 heterocycles. The van der Waals surface area contributed by atoms with Gasteiger partial charge >= 0.3 is 0 Å². The van der Waals surface area contributed by atoms with Crippen LogP contribution in [0.25, 0.3) is 0 Å². The van der Waals surface area contributed by atoms with Gasteiger partial charge in [0.05, 0.1) is 18.9 Å². The molecule has 1 saturated heterocycles. The number of nitrogens with one attached hydrogen (secondary N) is 1. The van der Waals surface area contributed by atoms with Gasteiger partial charge in [-0.2, -0.15) is 0 Å². The third kappa shape index (κ3) is 3.71. The van der Waals surface area contributed by atoms with Crippen LogP contribution in [-0.4, -0.2) is 38.1 Å². The van der Waals surface area contributed by atoms with Crippen LogP contribution in [0.5, 0.6) is 0 Å². The van der Waals surface area contributed by atoms with Crippen molar-refractivity contribution in [3.05, 3.63) is 65.4 Å². The van der Waals surface area contributed by atoms with E-state index in [9.17, 15) is 18.4 Å². The number of rotatable bonds is 4. The van der Waals surface area contributed by atoms with Crippen LogP contribution in [0.2, 0.25) is 0 Å². The third-order valence-corrected chi connectivity index (χ3v) is 4.97. The highest BCUT2D eigenvalue weighted by molar-refractivity contribution is 6.31. The minimum atomic E-state index is -0.736. The van der Waals surface area contributed by atoms with Crippen molar-refractivity contribution in [2.45, 2.75) is 6.92 Å². The van der Waals surface area contributed by atoms with Gasteiger partial charge in [0.1, 0.15) is 17.3 Å². The number of hydrogen-bond donors (Lipinski definition) is 1. The molecule has 2 amide bonds. The molecule has 0 radical (unpaired) electrons. The molecule has 0 aromatic heterocycles. The Morgan fingerprint density at radius 3 is 2.17 bits per heavy atom. The highest BCUT2D eigenvalue weighted by Crippen LogP contribution is 2.27. The summed E-state index contributed by atoms with van der Waals surface area (Å²) in [4.78, 5) is 28.3. The fourth-order valence-corrected chi connectivity index (χ4v) is 3.31. The number of imide groups is 1. The SMILES string of the molecule is Cc1c(F)cc(NC2=CC(=O)N(c3ccc(N4CCOCC4)cc3)C2=O)cc1F. The molecule has 1 fully saturated rings. The van der Waals surface area contributed by atoms with Gasteiger partial charge in [-0.25, -0.2) is 13.7 Å². The van der Waals surface area contributed by atoms with Crippen molar-refractivity contribution in [1.82, 2.24) is 0 Å². The summed E-state index contributed by atoms with van der Waals surface area (Å²) in [6, 6.07) is 9.24. The molecule has 0 aliphatic carbocycles. The van der Waals surface area contributed by atoms with Crippen LogP contribution in [0.3, 0.4) is 0 Å². The Balaban J connectivity index is 1.51. The summed E-state index contributed by atoms with van der Waals surface area (Å²) in [5.74, 6) is -2.58. The van der Waals surface area contributed by atoms with Crippen LogP contribution in [-0.2, 0) is 14.3 Å². The highest BCUT2D eigenvalue weighted by atomic mass is 19.1. The molecule has 4 rings (SSSR count). The van der Waals surface area contributed by atoms with E-state index >= 15 is 0 Å². The molecule has 29 heavy (non-hydrogen) atoms. The molecule has 0 bridgehead atoms. The zero-order chi connectivity index (χ0) is 20.5. The van der Waals surface area contributed by atoms with Gasteiger partial charge in [-0.15, -0.1) is 0 Å². The van der Waals surface area contributed by atoms with Gasteiger partial charge in [0.15, 0.2) is 0 Å². The lowest BCUT2D eigenvalue weighted by Gasteiger charge is -2.29. The van der Waals surface area contributed by atoms with Crippen molar-refractivity contribution in [3.63, 3.8) is 0 Å². The number of benzene rings is 2. The monoisotopic (exact) mass is 399 g/mol. The Morgan fingerprint density at radius 2 is 1.55 bits per heavy atom. The number of carbonyl (C=O) groups is 2. The second kappa shape index (κ2) is 7.63. The van der Waals surface area contributed by atoms with Gasteiger partial charge in [0, 0.05) is 36.1 Å². The number of hydrogen-bond acceptors (Lipinski definition) is 5. The summed E-state index contributed by atoms with van der Waals surface area (Å²) in [5.41, 5.74) is 1.30. The first kappa shape index (κ1) is 19.1. The molecule has 8 heteroatoms. The van der Waals surface area contributed by atoms with E-state index in [1.807, 2.05) is 12.1 Å². The second-order valence-corrected chi connectivity index (χ2v) is 6.84. The normalized spacial score (nSPS) is 17.0. The first-order valence-corrected chi connectivity index (χ1v) is 9.19. The molecule has 0 spiro atoms. The zero-order valence-electron chi connectivity index (χ0n) is 15.7. The molecule has 2 aliphatic rings. The molecule has 0 atom stereocenters. The fraction of sp³-hybridized carbons (Fsp3) is 0.238. The van der Waals surface area contributed by atoms with E-state index in [0.29, 0.717) is 18.9 Å². The Labute approximate surface area is 166 Å². The summed E-state index contributed by atoms with van der Waals surface area (Å²) in [7, 11) is 0. The largest absolute Gasteiger partial charge is 0.378 e. The first-order chi connectivity index (χ1) is 13.9. The molecule has 2 aliphatic heterocycles. The van der Waals surface area contributed by atoms with Crippen molar-refractivity contribution >= 4 is 28.9 Å². The van der Waals surface area contributed by atoms with E-state index in [-0.39, 0.29) is 16.9 Å². The second-order valence-electron chi connectivity index (χ2n) is 6.84. The standard InChI is InChI=1S/C21H19F2N3O3/c1-13-17(22)10-14(11-18(13)23)24-19-12-20(27)26(21(19)28)16-4-2-15(3-5-16)25-6-8-29-9-7-25/h2-5,10-12,24H,6-9H2,1H3. The lowest BCUT2D eigenvalue weighted by atomic mass is 10.2. The van der Waals surface area contributed by atoms with Crippen LogP contribution in [0.1, 0.15) is 5.56 Å². The van der Waals surface area contributed by atoms with Crippen LogP contribution in [0, 0.1) is 18.6 Å². The first-order valence-electron chi connectivity index (χ1n) is 9.19. The number of nitrogens with zero attached hydrogens (tertiary/aromatic N) is 2. The molecule has 0 saturated carbocycles. The van der Waals surface area contributed by atoms with E-state index in [4.69, 9.17) is 4.74 Å². The number of ether oxygens (including phenoxy) is 1. The number of anilines is 3. The predicted octanol–water partition coefficient (Wildman–Crippen LogP) is 2.98. The smallest absolute Gasteiger partial charge is 0.281 e. The van der Waals surface area contributed by atoms with Crippen molar-refractivity contribution in [2.75, 3.05) is 41.4 Å². The summed E-state index contributed by atoms with van der Waals surface area (Å²) in [6.07, 6.45) is 1.12. The number of halogens is 2. The molecular formula is C21H19F2N3O3. The Morgan fingerprint density at radius 1 is 0.966 bits per heavy atom. The van der Waals surface area contributed by atoms with Crippen molar-refractivity contribution in [1.29, 1.82) is 0 Å². The molecule has 6 nitrogen and oxygen atoms in total. The highest BCUT2D eigenvalue weighted by Gasteiger charge is 2.32. The summed E-state index contributed by atoms with van der Waals surface area (Å²) in [5, 5.41) is 2.64. The van der Waals surface area contributed by atoms with Crippen molar-refractivity contribution in [3.8, 4) is 0 Å². The molecule has 2 aromatic carbocycles. The lowest BCUT2D eigenvalue weighted by molar-refractivity contribution is -0.120. The molecule has 0 unspecified atom stereocenters. The minimum Gasteiger partial charge on any atom is -0.378 e. The Kier molecular flexibility index (Phi) is 5.02. The van der Waals surface area contributed by atoms with E-state index in [2.05, 4.69) is 10.2 Å². The van der Waals surface area contributed by atoms with Crippen LogP contribution in [0.15, 0.2) is 48.2 Å². The number of carbonyl (C=O) groups excluding carboxylic acids is 2. The topological polar surface area (TPSA) is 61.9 Å². The minimum absolute atomic E-state index is 0.0464. The Bertz CT molecular complexity index is 976. The number of amides is 2. The fourth-order valence-electron chi connectivity index (χ4n) is 3.31. The average Bonchev–Trinajstić information content (AvgIpc) is 3.00. The van der Waals surface area contributed by atoms with Gasteiger partial charge in [0.2, 0.25) is 0 Å². The number of morpholine rings is 1. The predicted molar refractivity (Wildman–Crippen MR) is 105 cm³/mol. The van der Waals surface area contributed by atoms with Crippen molar-refractivity contribution < 1.29 is 23.1 Å². The maximum atomic E-state index is 13.7. The third-order valence-electron chi connectivity index (χ3n) is 4.97. The molecule has 1 N–H and O–H groups in total. The molecular weight excluding hydrogens is 380 g/mol. The molecule has 2 aromatic rings. The summed E-state index contributed by atoms with van der Waals surface area (Å²) < 4.78 is 32.8. The quantitative estimate of drug-likeness (QED) is 0.801. The van der Waals surface area contributed by atoms with Gasteiger partial charge in [-0.1, -0.05) is 0 Å². The van der Waals surface area contributed by atoms with E-state index in [0.717, 1.165) is 41.9 Å². The zero-order valence-corrected chi connectivity index (χ0v) is 15.7. The summed E-state index contributed by atoms with van der Waals surface area (Å²) in [6.45, 7) is 4.19. The maximum absolute atomic E-state index is 13.7. The molecule has 150 valence electrons. The van der Waals surface area contributed by atoms with Gasteiger partial charge in [0.25, 0.3) is 11.8 Å². The van der Waals surface area contributed by atoms with Gasteiger partial charge in [-0.05, 0) is 43.3 Å². The maximum Gasteiger partial charge on any atom is 0.281 e. The van der Waals surface area contributed by atoms with E-state index in [1.165, 1.54) is 6.92 Å². The van der Waals surface area contributed by atoms with Gasteiger partial charge < -0.3 is 15.0 Å². The van der Waals surface area contributed by atoms with Crippen LogP contribution >= 0.6 is 0 Å². The summed E-state index contributed by atoms with van der Waals surface area (Å²) >= 11 is 0. The Hall–Kier alpha value is -3.26. The van der Waals surface area contributed by atoms with Crippen molar-refractivity contribution in [2.24, 2.45) is 0 Å². The lowest BCUT2D eigenvalue weighted by Crippen LogP contribution is -2.36. The van der Waals surface area contributed by atoms with Crippen LogP contribution < -0.4 is 15.1 Å². The van der Waals surface area contributed by atoms with Crippen LogP contribution in [0.4, 0.5) is 25.8 Å². The van der Waals surface area contributed by atoms with Gasteiger partial charge in [-0.3, -0.25) is 9.59 Å². The van der Waals surface area contributed by atoms with E-state index < -0.39 is 23.4 Å². The average molecular weight is 399 g/mol. The van der Waals surface area contributed by atoms with E-state index in [1.54, 1.807) is 12.1 Å².